The molecule has 0 aromatic rings. The Kier molecular flexibility index (Phi) is 27.7. The molecule has 11 nitrogen and oxygen atoms in total. The molecule has 0 aliphatic heterocycles. The first-order valence-corrected chi connectivity index (χ1v) is 19.6. The van der Waals surface area contributed by atoms with E-state index in [2.05, 4.69) is 0 Å². The van der Waals surface area contributed by atoms with Gasteiger partial charge in [-0.15, -0.1) is 0 Å². The van der Waals surface area contributed by atoms with Crippen LogP contribution in [0.4, 0.5) is 0 Å². The van der Waals surface area contributed by atoms with Crippen molar-refractivity contribution in [1.29, 1.82) is 0 Å². The fourth-order valence-electron chi connectivity index (χ4n) is 3.73. The van der Waals surface area contributed by atoms with Crippen molar-refractivity contribution < 1.29 is 52.4 Å². The minimum atomic E-state index is -0.393. The van der Waals surface area contributed by atoms with Crippen LogP contribution in [-0.2, 0) is 52.4 Å². The standard InChI is InChI=1S/C15H28O4.C14H26O4.C14H28O3/c1-14(2,3)12(16)8-7-9-13(17)18-10-11-19-15(4,5)6;1-13(2,3)11(15)7-8-12(16)17-9-10-18-14(4,5)6;1-13(2,3)12(15)8-7-9-16-10-11-17-14(4,5)6/h7-11H2,1-6H3;7-10H2,1-6H3;7-11H2,1-6H3. The van der Waals surface area contributed by atoms with Gasteiger partial charge in [0.15, 0.2) is 0 Å². The minimum Gasteiger partial charge on any atom is -0.463 e. The maximum absolute atomic E-state index is 11.6. The minimum absolute atomic E-state index is 0.0744. The zero-order valence-electron chi connectivity index (χ0n) is 37.9. The summed E-state index contributed by atoms with van der Waals surface area (Å²) in [5.74, 6) is -0.0573. The van der Waals surface area contributed by atoms with E-state index in [0.717, 1.165) is 6.42 Å². The lowest BCUT2D eigenvalue weighted by molar-refractivity contribution is -0.148. The first kappa shape index (κ1) is 56.1. The second-order valence-electron chi connectivity index (χ2n) is 19.4. The zero-order chi connectivity index (χ0) is 43.0. The predicted octanol–water partition coefficient (Wildman–Crippen LogP) is 9.08. The van der Waals surface area contributed by atoms with Crippen LogP contribution in [0, 0.1) is 16.2 Å². The Morgan fingerprint density at radius 1 is 0.333 bits per heavy atom. The van der Waals surface area contributed by atoms with Gasteiger partial charge in [0.25, 0.3) is 0 Å². The van der Waals surface area contributed by atoms with E-state index in [-0.39, 0.29) is 83.6 Å². The number of rotatable bonds is 20. The highest BCUT2D eigenvalue weighted by Gasteiger charge is 2.23. The number of carbonyl (C=O) groups excluding carboxylic acids is 5. The Hall–Kier alpha value is -2.21. The van der Waals surface area contributed by atoms with Gasteiger partial charge in [-0.05, 0) is 75.2 Å². The van der Waals surface area contributed by atoms with E-state index in [1.54, 1.807) is 0 Å². The summed E-state index contributed by atoms with van der Waals surface area (Å²) in [6.07, 6.45) is 3.05. The third-order valence-electron chi connectivity index (χ3n) is 7.07. The van der Waals surface area contributed by atoms with Crippen LogP contribution in [-0.4, -0.2) is 92.3 Å². The van der Waals surface area contributed by atoms with E-state index in [1.165, 1.54) is 0 Å². The Balaban J connectivity index is -0.000000724. The summed E-state index contributed by atoms with van der Waals surface area (Å²) >= 11 is 0. The van der Waals surface area contributed by atoms with Crippen molar-refractivity contribution in [3.8, 4) is 0 Å². The van der Waals surface area contributed by atoms with Crippen LogP contribution in [0.15, 0.2) is 0 Å². The highest BCUT2D eigenvalue weighted by Crippen LogP contribution is 2.20. The zero-order valence-corrected chi connectivity index (χ0v) is 37.9. The van der Waals surface area contributed by atoms with Crippen molar-refractivity contribution in [1.82, 2.24) is 0 Å². The fourth-order valence-corrected chi connectivity index (χ4v) is 3.73. The first-order valence-electron chi connectivity index (χ1n) is 19.6. The molecule has 0 aliphatic carbocycles. The molecule has 0 radical (unpaired) electrons. The number of hydrogen-bond acceptors (Lipinski definition) is 11. The van der Waals surface area contributed by atoms with Gasteiger partial charge < -0.3 is 28.4 Å². The lowest BCUT2D eigenvalue weighted by Gasteiger charge is -2.19. The molecule has 0 aromatic carbocycles. The number of hydrogen-bond donors (Lipinski definition) is 0. The van der Waals surface area contributed by atoms with E-state index in [0.29, 0.717) is 58.1 Å². The molecule has 0 aliphatic rings. The van der Waals surface area contributed by atoms with Gasteiger partial charge in [-0.3, -0.25) is 24.0 Å². The fraction of sp³-hybridized carbons (Fsp3) is 0.884. The van der Waals surface area contributed by atoms with Crippen molar-refractivity contribution in [3.63, 3.8) is 0 Å². The van der Waals surface area contributed by atoms with Gasteiger partial charge in [-0.1, -0.05) is 62.3 Å². The second kappa shape index (κ2) is 26.6. The average molecular weight is 775 g/mol. The van der Waals surface area contributed by atoms with Gasteiger partial charge in [0.05, 0.1) is 49.7 Å². The Morgan fingerprint density at radius 3 is 1.00 bits per heavy atom. The maximum atomic E-state index is 11.6. The van der Waals surface area contributed by atoms with Crippen LogP contribution in [0.1, 0.15) is 170 Å². The van der Waals surface area contributed by atoms with E-state index in [4.69, 9.17) is 28.4 Å². The van der Waals surface area contributed by atoms with E-state index >= 15 is 0 Å². The third kappa shape index (κ3) is 41.0. The van der Waals surface area contributed by atoms with Crippen molar-refractivity contribution in [2.24, 2.45) is 16.2 Å². The molecule has 0 rings (SSSR count). The molecule has 0 fully saturated rings. The Labute approximate surface area is 330 Å². The third-order valence-corrected chi connectivity index (χ3v) is 7.07. The molecule has 0 atom stereocenters. The molecule has 0 saturated heterocycles. The Morgan fingerprint density at radius 2 is 0.648 bits per heavy atom. The largest absolute Gasteiger partial charge is 0.463 e. The number of esters is 2. The van der Waals surface area contributed by atoms with Gasteiger partial charge in [-0.2, -0.15) is 0 Å². The summed E-state index contributed by atoms with van der Waals surface area (Å²) in [5, 5.41) is 0. The molecule has 54 heavy (non-hydrogen) atoms. The van der Waals surface area contributed by atoms with Gasteiger partial charge in [0, 0.05) is 48.5 Å². The van der Waals surface area contributed by atoms with E-state index in [9.17, 15) is 24.0 Å². The Bertz CT molecular complexity index is 1070. The van der Waals surface area contributed by atoms with Crippen LogP contribution in [0.2, 0.25) is 0 Å². The second-order valence-corrected chi connectivity index (χ2v) is 19.4. The van der Waals surface area contributed by atoms with Crippen LogP contribution < -0.4 is 0 Å². The van der Waals surface area contributed by atoms with Crippen molar-refractivity contribution in [2.75, 3.05) is 46.2 Å². The lowest BCUT2D eigenvalue weighted by atomic mass is 9.88. The normalized spacial score (nSPS) is 12.5. The molecular formula is C43H82O11. The quantitative estimate of drug-likeness (QED) is 0.0864. The van der Waals surface area contributed by atoms with Crippen molar-refractivity contribution in [2.45, 2.75) is 186 Å². The number of ketones is 3. The van der Waals surface area contributed by atoms with Gasteiger partial charge in [0.2, 0.25) is 0 Å². The number of Topliss-reactive ketones (excluding diaryl/α,β-unsaturated/α-hetero) is 3. The first-order chi connectivity index (χ1) is 24.2. The molecule has 0 saturated carbocycles. The predicted molar refractivity (Wildman–Crippen MR) is 216 cm³/mol. The average Bonchev–Trinajstić information content (AvgIpc) is 2.97. The van der Waals surface area contributed by atoms with Gasteiger partial charge in [-0.25, -0.2) is 0 Å². The smallest absolute Gasteiger partial charge is 0.306 e. The maximum Gasteiger partial charge on any atom is 0.306 e. The summed E-state index contributed by atoms with van der Waals surface area (Å²) in [7, 11) is 0. The lowest BCUT2D eigenvalue weighted by Crippen LogP contribution is -2.23. The number of carbonyl (C=O) groups is 5. The topological polar surface area (TPSA) is 141 Å². The molecule has 320 valence electrons. The van der Waals surface area contributed by atoms with Crippen LogP contribution >= 0.6 is 0 Å². The molecule has 11 heteroatoms. The van der Waals surface area contributed by atoms with Crippen molar-refractivity contribution in [3.05, 3.63) is 0 Å². The summed E-state index contributed by atoms with van der Waals surface area (Å²) in [4.78, 5) is 57.6. The molecular weight excluding hydrogens is 692 g/mol. The molecule has 0 spiro atoms. The van der Waals surface area contributed by atoms with Crippen LogP contribution in [0.3, 0.4) is 0 Å². The van der Waals surface area contributed by atoms with Crippen LogP contribution in [0.5, 0.6) is 0 Å². The monoisotopic (exact) mass is 775 g/mol. The van der Waals surface area contributed by atoms with Gasteiger partial charge >= 0.3 is 11.9 Å². The summed E-state index contributed by atoms with van der Waals surface area (Å²) in [6.45, 7) is 37.9. The molecule has 0 unspecified atom stereocenters. The summed E-state index contributed by atoms with van der Waals surface area (Å²) < 4.78 is 31.8. The molecule has 0 amide bonds. The molecule has 0 bridgehead atoms. The molecule has 0 heterocycles. The molecule has 0 N–H and O–H groups in total. The van der Waals surface area contributed by atoms with E-state index in [1.807, 2.05) is 125 Å². The number of ether oxygens (including phenoxy) is 6. The highest BCUT2D eigenvalue weighted by atomic mass is 16.6. The van der Waals surface area contributed by atoms with Crippen LogP contribution in [0.25, 0.3) is 0 Å². The molecule has 0 aromatic heterocycles. The van der Waals surface area contributed by atoms with Gasteiger partial charge in [0.1, 0.15) is 30.6 Å². The van der Waals surface area contributed by atoms with E-state index < -0.39 is 5.41 Å². The summed E-state index contributed by atoms with van der Waals surface area (Å²) in [6, 6.07) is 0. The van der Waals surface area contributed by atoms with Crippen molar-refractivity contribution >= 4 is 29.3 Å². The SMILES string of the molecule is CC(C)(C)OCCOC(=O)CCC(=O)C(C)(C)C.CC(C)(C)OCCOC(=O)CCCC(=O)C(C)(C)C.CC(C)(C)OCCOCCCC(=O)C(C)(C)C. The highest BCUT2D eigenvalue weighted by molar-refractivity contribution is 5.86. The summed E-state index contributed by atoms with van der Waals surface area (Å²) in [5.41, 5.74) is -1.50.